The molecule has 4 unspecified atom stereocenters. The van der Waals surface area contributed by atoms with Gasteiger partial charge in [-0.25, -0.2) is 4.39 Å². The van der Waals surface area contributed by atoms with Crippen LogP contribution in [0.1, 0.15) is 43.2 Å². The average molecular weight is 491 g/mol. The molecular formula is C26H30F4N4O. The van der Waals surface area contributed by atoms with Crippen molar-refractivity contribution in [3.05, 3.63) is 41.2 Å². The Bertz CT molecular complexity index is 1100. The van der Waals surface area contributed by atoms with Gasteiger partial charge in [0.1, 0.15) is 11.4 Å². The largest absolute Gasteiger partial charge is 0.420 e. The maximum atomic E-state index is 13.9. The zero-order valence-corrected chi connectivity index (χ0v) is 19.7. The Morgan fingerprint density at radius 2 is 1.83 bits per heavy atom. The van der Waals surface area contributed by atoms with Gasteiger partial charge in [-0.2, -0.15) is 13.2 Å². The van der Waals surface area contributed by atoms with Crippen LogP contribution in [0.15, 0.2) is 24.3 Å². The maximum absolute atomic E-state index is 13.9. The van der Waals surface area contributed by atoms with Gasteiger partial charge in [0.2, 0.25) is 0 Å². The fourth-order valence-corrected chi connectivity index (χ4v) is 6.84. The number of aryl methyl sites for hydroxylation is 1. The molecule has 0 amide bonds. The van der Waals surface area contributed by atoms with E-state index in [0.29, 0.717) is 41.1 Å². The van der Waals surface area contributed by atoms with E-state index in [2.05, 4.69) is 20.4 Å². The number of hydrogen-bond acceptors (Lipinski definition) is 5. The Hall–Kier alpha value is -2.26. The molecule has 3 aliphatic heterocycles. The summed E-state index contributed by atoms with van der Waals surface area (Å²) in [5.41, 5.74) is 0.107. The lowest BCUT2D eigenvalue weighted by molar-refractivity contribution is -0.137. The van der Waals surface area contributed by atoms with E-state index in [9.17, 15) is 17.6 Å². The summed E-state index contributed by atoms with van der Waals surface area (Å²) >= 11 is 0. The van der Waals surface area contributed by atoms with Crippen molar-refractivity contribution in [1.82, 2.24) is 15.1 Å². The lowest BCUT2D eigenvalue weighted by atomic mass is 9.89. The van der Waals surface area contributed by atoms with Crippen LogP contribution in [0.4, 0.5) is 23.4 Å². The molecule has 1 N–H and O–H groups in total. The minimum atomic E-state index is -4.59. The zero-order valence-electron chi connectivity index (χ0n) is 19.7. The predicted molar refractivity (Wildman–Crippen MR) is 123 cm³/mol. The third-order valence-corrected chi connectivity index (χ3v) is 8.47. The van der Waals surface area contributed by atoms with Gasteiger partial charge < -0.3 is 15.0 Å². The van der Waals surface area contributed by atoms with Gasteiger partial charge in [-0.1, -0.05) is 6.07 Å². The molecule has 1 aliphatic carbocycles. The number of benzene rings is 1. The van der Waals surface area contributed by atoms with Crippen LogP contribution in [0.3, 0.4) is 0 Å². The quantitative estimate of drug-likeness (QED) is 0.577. The van der Waals surface area contributed by atoms with Crippen molar-refractivity contribution in [3.63, 3.8) is 0 Å². The fraction of sp³-hybridized carbons (Fsp3) is 0.615. The van der Waals surface area contributed by atoms with Crippen molar-refractivity contribution < 1.29 is 22.3 Å². The third-order valence-electron chi connectivity index (χ3n) is 8.47. The van der Waals surface area contributed by atoms with Crippen molar-refractivity contribution in [2.45, 2.75) is 63.5 Å². The minimum Gasteiger partial charge on any atom is -0.375 e. The van der Waals surface area contributed by atoms with E-state index in [4.69, 9.17) is 4.74 Å². The molecular weight excluding hydrogens is 460 g/mol. The van der Waals surface area contributed by atoms with Crippen molar-refractivity contribution >= 4 is 5.82 Å². The molecule has 0 spiro atoms. The number of anilines is 1. The summed E-state index contributed by atoms with van der Waals surface area (Å²) in [4.78, 5) is 2.54. The number of nitrogens with one attached hydrogen (secondary N) is 1. The molecule has 5 nitrogen and oxygen atoms in total. The highest BCUT2D eigenvalue weighted by molar-refractivity contribution is 5.65. The summed E-state index contributed by atoms with van der Waals surface area (Å²) in [5, 5.41) is 11.0. The molecule has 1 saturated carbocycles. The number of likely N-dealkylation sites (tertiary alicyclic amines) is 1. The number of alkyl halides is 3. The fourth-order valence-electron chi connectivity index (χ4n) is 6.84. The highest BCUT2D eigenvalue weighted by Crippen LogP contribution is 2.44. The lowest BCUT2D eigenvalue weighted by Gasteiger charge is -2.26. The molecule has 6 rings (SSSR count). The van der Waals surface area contributed by atoms with Crippen molar-refractivity contribution in [1.29, 1.82) is 0 Å². The monoisotopic (exact) mass is 490 g/mol. The zero-order chi connectivity index (χ0) is 24.3. The molecule has 1 aromatic heterocycles. The minimum absolute atomic E-state index is 0.0170. The maximum Gasteiger partial charge on any atom is 0.420 e. The van der Waals surface area contributed by atoms with Gasteiger partial charge in [-0.15, -0.1) is 10.2 Å². The summed E-state index contributed by atoms with van der Waals surface area (Å²) in [6.45, 7) is 4.80. The molecule has 3 saturated heterocycles. The first-order chi connectivity index (χ1) is 16.7. The van der Waals surface area contributed by atoms with Gasteiger partial charge in [-0.05, 0) is 74.6 Å². The Labute approximate surface area is 202 Å². The molecule has 6 atom stereocenters. The number of halogens is 4. The summed E-state index contributed by atoms with van der Waals surface area (Å²) in [5.74, 6) is 0.845. The Morgan fingerprint density at radius 1 is 1.06 bits per heavy atom. The second kappa shape index (κ2) is 8.69. The summed E-state index contributed by atoms with van der Waals surface area (Å²) < 4.78 is 61.5. The smallest absolute Gasteiger partial charge is 0.375 e. The van der Waals surface area contributed by atoms with E-state index < -0.39 is 17.6 Å². The molecule has 2 bridgehead atoms. The van der Waals surface area contributed by atoms with Crippen molar-refractivity contribution in [2.24, 2.45) is 17.8 Å². The van der Waals surface area contributed by atoms with Crippen LogP contribution in [0.5, 0.6) is 0 Å². The van der Waals surface area contributed by atoms with E-state index in [1.165, 1.54) is 37.5 Å². The number of ether oxygens (including phenoxy) is 1. The number of hydrogen-bond donors (Lipinski definition) is 1. The molecule has 4 heterocycles. The van der Waals surface area contributed by atoms with Crippen LogP contribution in [0.25, 0.3) is 11.3 Å². The molecule has 35 heavy (non-hydrogen) atoms. The number of nitrogens with zero attached hydrogens (tertiary/aromatic N) is 3. The van der Waals surface area contributed by atoms with Crippen LogP contribution in [-0.2, 0) is 10.9 Å². The van der Waals surface area contributed by atoms with E-state index in [-0.39, 0.29) is 17.6 Å². The number of aromatic nitrogens is 2. The Morgan fingerprint density at radius 3 is 2.49 bits per heavy atom. The van der Waals surface area contributed by atoms with Gasteiger partial charge in [0, 0.05) is 37.2 Å². The van der Waals surface area contributed by atoms with Crippen LogP contribution in [0.2, 0.25) is 0 Å². The molecule has 2 aromatic rings. The predicted octanol–water partition coefficient (Wildman–Crippen LogP) is 5.30. The SMILES string of the molecule is Cc1ccc(F)cc1-c1cc(C(F)(F)F)c(NC2C[C@@H]3CN(CC4CC5CCC4O5)C[C@@H]3C2)nn1. The molecule has 1 aromatic carbocycles. The molecule has 4 fully saturated rings. The average Bonchev–Trinajstić information content (AvgIpc) is 3.57. The summed E-state index contributed by atoms with van der Waals surface area (Å²) in [6, 6.07) is 4.91. The van der Waals surface area contributed by atoms with Gasteiger partial charge in [0.05, 0.1) is 17.9 Å². The molecule has 188 valence electrons. The van der Waals surface area contributed by atoms with Gasteiger partial charge in [0.25, 0.3) is 0 Å². The van der Waals surface area contributed by atoms with Gasteiger partial charge in [-0.3, -0.25) is 0 Å². The van der Waals surface area contributed by atoms with Crippen LogP contribution in [0, 0.1) is 30.5 Å². The summed E-state index contributed by atoms with van der Waals surface area (Å²) in [6.07, 6.45) is 1.51. The molecule has 9 heteroatoms. The van der Waals surface area contributed by atoms with E-state index in [1.807, 2.05) is 0 Å². The normalized spacial score (nSPS) is 32.4. The first-order valence-electron chi connectivity index (χ1n) is 12.6. The second-order valence-corrected chi connectivity index (χ2v) is 10.9. The lowest BCUT2D eigenvalue weighted by Crippen LogP contribution is -2.34. The molecule has 0 radical (unpaired) electrons. The van der Waals surface area contributed by atoms with E-state index in [0.717, 1.165) is 38.5 Å². The standard InChI is InChI=1S/C26H30F4N4O/c1-14-2-3-18(27)9-21(14)23-10-22(26(28,29)30)25(33-32-23)31-19-6-15-11-34(12-16(15)7-19)13-17-8-20-4-5-24(17)35-20/h2-3,9-10,15-17,19-20,24H,4-8,11-13H2,1H3,(H,31,33)/t15-,16+,17?,19?,20?,24?. The van der Waals surface area contributed by atoms with Gasteiger partial charge >= 0.3 is 6.18 Å². The molecule has 4 aliphatic rings. The van der Waals surface area contributed by atoms with Crippen LogP contribution < -0.4 is 5.32 Å². The number of fused-ring (bicyclic) bond motifs is 3. The van der Waals surface area contributed by atoms with Crippen molar-refractivity contribution in [3.8, 4) is 11.3 Å². The first-order valence-corrected chi connectivity index (χ1v) is 12.6. The van der Waals surface area contributed by atoms with E-state index in [1.54, 1.807) is 6.92 Å². The highest BCUT2D eigenvalue weighted by atomic mass is 19.4. The van der Waals surface area contributed by atoms with Crippen LogP contribution >= 0.6 is 0 Å². The second-order valence-electron chi connectivity index (χ2n) is 10.9. The summed E-state index contributed by atoms with van der Waals surface area (Å²) in [7, 11) is 0. The number of rotatable bonds is 5. The van der Waals surface area contributed by atoms with Crippen LogP contribution in [-0.4, -0.2) is 53.0 Å². The Kier molecular flexibility index (Phi) is 5.75. The van der Waals surface area contributed by atoms with Gasteiger partial charge in [0.15, 0.2) is 5.82 Å². The van der Waals surface area contributed by atoms with Crippen molar-refractivity contribution in [2.75, 3.05) is 25.0 Å². The third kappa shape index (κ3) is 4.53. The Balaban J connectivity index is 1.13. The highest BCUT2D eigenvalue weighted by Gasteiger charge is 2.46. The van der Waals surface area contributed by atoms with E-state index >= 15 is 0 Å². The first kappa shape index (κ1) is 23.2. The topological polar surface area (TPSA) is 50.3 Å².